The lowest BCUT2D eigenvalue weighted by Crippen LogP contribution is -2.52. The molecule has 2 unspecified atom stereocenters. The Morgan fingerprint density at radius 3 is 2.70 bits per heavy atom. The largest absolute Gasteiger partial charge is 0.464 e. The van der Waals surface area contributed by atoms with E-state index in [4.69, 9.17) is 4.42 Å². The third-order valence-corrected chi connectivity index (χ3v) is 3.35. The molecule has 2 N–H and O–H groups in total. The molecule has 1 aromatic carbocycles. The van der Waals surface area contributed by atoms with Crippen molar-refractivity contribution in [1.29, 1.82) is 0 Å². The third-order valence-electron chi connectivity index (χ3n) is 3.35. The summed E-state index contributed by atoms with van der Waals surface area (Å²) in [5, 5.41) is 12.3. The number of likely N-dealkylation sites (N-methyl/N-ethyl adjacent to an activating group) is 1. The number of furan rings is 1. The zero-order chi connectivity index (χ0) is 14.8. The molecular formula is C14H16F3NO2. The van der Waals surface area contributed by atoms with Gasteiger partial charge in [0.15, 0.2) is 0 Å². The van der Waals surface area contributed by atoms with Gasteiger partial charge in [-0.2, -0.15) is 0 Å². The van der Waals surface area contributed by atoms with Crippen molar-refractivity contribution in [3.63, 3.8) is 0 Å². The summed E-state index contributed by atoms with van der Waals surface area (Å²) in [6, 6.07) is 4.23. The van der Waals surface area contributed by atoms with E-state index >= 15 is 0 Å². The van der Waals surface area contributed by atoms with Crippen molar-refractivity contribution in [2.75, 3.05) is 13.2 Å². The minimum atomic E-state index is -3.26. The molecule has 0 bridgehead atoms. The summed E-state index contributed by atoms with van der Waals surface area (Å²) in [5.74, 6) is 0. The first kappa shape index (κ1) is 14.9. The standard InChI is InChI=1S/C14H16F3NO2/c1-2-18-12(8-19)14(17,13(15)16)10-3-4-11-9(7-10)5-6-20-11/h3-7,12-13,18-19H,2,8H2,1H3. The maximum absolute atomic E-state index is 14.9. The molecule has 0 amide bonds. The smallest absolute Gasteiger partial charge is 0.277 e. The molecule has 3 nitrogen and oxygen atoms in total. The van der Waals surface area contributed by atoms with E-state index in [9.17, 15) is 18.3 Å². The molecule has 2 aromatic rings. The summed E-state index contributed by atoms with van der Waals surface area (Å²) in [4.78, 5) is 0. The first-order valence-corrected chi connectivity index (χ1v) is 6.33. The van der Waals surface area contributed by atoms with Crippen LogP contribution in [0.3, 0.4) is 0 Å². The Hall–Kier alpha value is -1.53. The molecule has 0 aliphatic carbocycles. The highest BCUT2D eigenvalue weighted by molar-refractivity contribution is 5.78. The first-order chi connectivity index (χ1) is 9.53. The molecule has 2 atom stereocenters. The van der Waals surface area contributed by atoms with E-state index in [0.29, 0.717) is 11.0 Å². The molecule has 0 fully saturated rings. The average Bonchev–Trinajstić information content (AvgIpc) is 2.90. The normalized spacial score (nSPS) is 16.5. The van der Waals surface area contributed by atoms with Crippen LogP contribution >= 0.6 is 0 Å². The number of alkyl halides is 3. The SMILES string of the molecule is CCNC(CO)C(F)(c1ccc2occc2c1)C(F)F. The van der Waals surface area contributed by atoms with Crippen LogP contribution in [0.5, 0.6) is 0 Å². The Balaban J connectivity index is 2.49. The molecule has 0 aliphatic rings. The monoisotopic (exact) mass is 287 g/mol. The number of benzene rings is 1. The van der Waals surface area contributed by atoms with Crippen LogP contribution < -0.4 is 5.32 Å². The fourth-order valence-corrected chi connectivity index (χ4v) is 2.28. The van der Waals surface area contributed by atoms with E-state index in [1.807, 2.05) is 0 Å². The summed E-state index contributed by atoms with van der Waals surface area (Å²) in [6.45, 7) is 1.21. The molecule has 110 valence electrons. The Morgan fingerprint density at radius 1 is 1.35 bits per heavy atom. The second kappa shape index (κ2) is 5.85. The molecule has 0 saturated carbocycles. The Labute approximate surface area is 114 Å². The van der Waals surface area contributed by atoms with Gasteiger partial charge in [-0.05, 0) is 30.3 Å². The van der Waals surface area contributed by atoms with Gasteiger partial charge < -0.3 is 14.8 Å². The fourth-order valence-electron chi connectivity index (χ4n) is 2.28. The van der Waals surface area contributed by atoms with Gasteiger partial charge in [0, 0.05) is 5.39 Å². The number of hydrogen-bond donors (Lipinski definition) is 2. The molecule has 1 heterocycles. The molecule has 0 spiro atoms. The zero-order valence-corrected chi connectivity index (χ0v) is 10.9. The van der Waals surface area contributed by atoms with Crippen LogP contribution in [0.25, 0.3) is 11.0 Å². The van der Waals surface area contributed by atoms with E-state index in [1.54, 1.807) is 13.0 Å². The van der Waals surface area contributed by atoms with E-state index in [0.717, 1.165) is 0 Å². The zero-order valence-electron chi connectivity index (χ0n) is 10.9. The second-order valence-corrected chi connectivity index (χ2v) is 4.53. The van der Waals surface area contributed by atoms with Crippen LogP contribution in [0.1, 0.15) is 12.5 Å². The van der Waals surface area contributed by atoms with E-state index in [-0.39, 0.29) is 12.1 Å². The van der Waals surface area contributed by atoms with Crippen molar-refractivity contribution in [2.24, 2.45) is 0 Å². The number of aliphatic hydroxyl groups excluding tert-OH is 1. The molecule has 0 saturated heterocycles. The maximum Gasteiger partial charge on any atom is 0.277 e. The molecule has 20 heavy (non-hydrogen) atoms. The van der Waals surface area contributed by atoms with Gasteiger partial charge in [0.25, 0.3) is 6.43 Å². The Morgan fingerprint density at radius 2 is 2.10 bits per heavy atom. The molecule has 6 heteroatoms. The van der Waals surface area contributed by atoms with E-state index in [1.165, 1.54) is 24.5 Å². The summed E-state index contributed by atoms with van der Waals surface area (Å²) >= 11 is 0. The van der Waals surface area contributed by atoms with Gasteiger partial charge in [0.2, 0.25) is 5.67 Å². The van der Waals surface area contributed by atoms with Crippen LogP contribution in [0.15, 0.2) is 34.9 Å². The quantitative estimate of drug-likeness (QED) is 0.858. The average molecular weight is 287 g/mol. The van der Waals surface area contributed by atoms with Gasteiger partial charge in [-0.1, -0.05) is 13.0 Å². The van der Waals surface area contributed by atoms with Gasteiger partial charge >= 0.3 is 0 Å². The van der Waals surface area contributed by atoms with Gasteiger partial charge in [-0.3, -0.25) is 0 Å². The number of hydrogen-bond acceptors (Lipinski definition) is 3. The van der Waals surface area contributed by atoms with E-state index in [2.05, 4.69) is 5.32 Å². The molecule has 2 rings (SSSR count). The van der Waals surface area contributed by atoms with Crippen LogP contribution in [-0.2, 0) is 5.67 Å². The Kier molecular flexibility index (Phi) is 4.35. The van der Waals surface area contributed by atoms with Gasteiger partial charge in [0.1, 0.15) is 5.58 Å². The van der Waals surface area contributed by atoms with Crippen molar-refractivity contribution >= 4 is 11.0 Å². The van der Waals surface area contributed by atoms with Crippen molar-refractivity contribution in [3.8, 4) is 0 Å². The molecule has 1 aromatic heterocycles. The number of fused-ring (bicyclic) bond motifs is 1. The highest BCUT2D eigenvalue weighted by Crippen LogP contribution is 2.37. The van der Waals surface area contributed by atoms with Crippen LogP contribution in [0.2, 0.25) is 0 Å². The highest BCUT2D eigenvalue weighted by Gasteiger charge is 2.49. The number of aliphatic hydroxyl groups is 1. The minimum Gasteiger partial charge on any atom is -0.464 e. The van der Waals surface area contributed by atoms with Gasteiger partial charge in [-0.25, -0.2) is 13.2 Å². The maximum atomic E-state index is 14.9. The highest BCUT2D eigenvalue weighted by atomic mass is 19.3. The predicted molar refractivity (Wildman–Crippen MR) is 69.6 cm³/mol. The third kappa shape index (κ3) is 2.41. The predicted octanol–water partition coefficient (Wildman–Crippen LogP) is 2.83. The molecule has 0 aliphatic heterocycles. The lowest BCUT2D eigenvalue weighted by atomic mass is 9.88. The van der Waals surface area contributed by atoms with Crippen molar-refractivity contribution in [1.82, 2.24) is 5.32 Å². The lowest BCUT2D eigenvalue weighted by molar-refractivity contribution is -0.0743. The van der Waals surface area contributed by atoms with Crippen molar-refractivity contribution in [2.45, 2.75) is 25.1 Å². The van der Waals surface area contributed by atoms with Gasteiger partial charge in [0.05, 0.1) is 18.9 Å². The van der Waals surface area contributed by atoms with Crippen LogP contribution in [0.4, 0.5) is 13.2 Å². The number of halogens is 3. The number of rotatable bonds is 6. The minimum absolute atomic E-state index is 0.179. The molecule has 0 radical (unpaired) electrons. The molecular weight excluding hydrogens is 271 g/mol. The summed E-state index contributed by atoms with van der Waals surface area (Å²) in [6.07, 6.45) is -1.85. The first-order valence-electron chi connectivity index (χ1n) is 6.33. The Bertz CT molecular complexity index is 572. The topological polar surface area (TPSA) is 45.4 Å². The summed E-state index contributed by atoms with van der Waals surface area (Å²) in [7, 11) is 0. The second-order valence-electron chi connectivity index (χ2n) is 4.53. The van der Waals surface area contributed by atoms with Crippen LogP contribution in [0, 0.1) is 0 Å². The van der Waals surface area contributed by atoms with Gasteiger partial charge in [-0.15, -0.1) is 0 Å². The summed E-state index contributed by atoms with van der Waals surface area (Å²) < 4.78 is 46.6. The fraction of sp³-hybridized carbons (Fsp3) is 0.429. The summed E-state index contributed by atoms with van der Waals surface area (Å²) in [5.41, 5.74) is -2.65. The van der Waals surface area contributed by atoms with Crippen molar-refractivity contribution in [3.05, 3.63) is 36.1 Å². The van der Waals surface area contributed by atoms with E-state index < -0.39 is 24.7 Å². The lowest BCUT2D eigenvalue weighted by Gasteiger charge is -2.33. The van der Waals surface area contributed by atoms with Crippen molar-refractivity contribution < 1.29 is 22.7 Å². The van der Waals surface area contributed by atoms with Crippen LogP contribution in [-0.4, -0.2) is 30.7 Å². The number of nitrogens with one attached hydrogen (secondary N) is 1.